The van der Waals surface area contributed by atoms with Crippen molar-refractivity contribution in [3.05, 3.63) is 53.6 Å². The van der Waals surface area contributed by atoms with Crippen LogP contribution < -0.4 is 19.7 Å². The minimum Gasteiger partial charge on any atom is -0.495 e. The Kier molecular flexibility index (Phi) is 11.3. The first-order valence-electron chi connectivity index (χ1n) is 9.79. The molecule has 0 radical (unpaired) electrons. The molecular formula is C22H31ClN2O4. The fourth-order valence-corrected chi connectivity index (χ4v) is 3.03. The summed E-state index contributed by atoms with van der Waals surface area (Å²) < 4.78 is 20.5. The first kappa shape index (κ1) is 23.3. The second-order valence-corrected chi connectivity index (χ2v) is 6.68. The molecule has 0 aromatic heterocycles. The SMILES string of the molecule is C1COCCN1.COc1ccccc1Cl.COc1ccccc1N1CCOCC1. The predicted molar refractivity (Wildman–Crippen MR) is 118 cm³/mol. The molecule has 0 bridgehead atoms. The number of hydrogen-bond acceptors (Lipinski definition) is 6. The van der Waals surface area contributed by atoms with Gasteiger partial charge < -0.3 is 29.2 Å². The molecular weight excluding hydrogens is 392 g/mol. The molecule has 2 aromatic rings. The average molecular weight is 423 g/mol. The lowest BCUT2D eigenvalue weighted by molar-refractivity contribution is 0.109. The minimum absolute atomic E-state index is 0.653. The summed E-state index contributed by atoms with van der Waals surface area (Å²) in [6.07, 6.45) is 0. The summed E-state index contributed by atoms with van der Waals surface area (Å²) in [5.74, 6) is 1.66. The Labute approximate surface area is 178 Å². The van der Waals surface area contributed by atoms with Crippen LogP contribution in [0.5, 0.6) is 11.5 Å². The molecule has 1 N–H and O–H groups in total. The monoisotopic (exact) mass is 422 g/mol. The number of morpholine rings is 2. The molecule has 160 valence electrons. The smallest absolute Gasteiger partial charge is 0.142 e. The Bertz CT molecular complexity index is 681. The van der Waals surface area contributed by atoms with Gasteiger partial charge in [0.2, 0.25) is 0 Å². The highest BCUT2D eigenvalue weighted by molar-refractivity contribution is 6.32. The van der Waals surface area contributed by atoms with Crippen LogP contribution in [0.15, 0.2) is 48.5 Å². The van der Waals surface area contributed by atoms with Gasteiger partial charge in [-0.15, -0.1) is 0 Å². The summed E-state index contributed by atoms with van der Waals surface area (Å²) in [7, 11) is 3.31. The Morgan fingerprint density at radius 1 is 0.793 bits per heavy atom. The lowest BCUT2D eigenvalue weighted by Crippen LogP contribution is -2.36. The van der Waals surface area contributed by atoms with E-state index in [1.165, 1.54) is 5.69 Å². The van der Waals surface area contributed by atoms with Crippen LogP contribution in [0.3, 0.4) is 0 Å². The number of benzene rings is 2. The zero-order valence-corrected chi connectivity index (χ0v) is 18.0. The molecule has 0 aliphatic carbocycles. The minimum atomic E-state index is 0.653. The van der Waals surface area contributed by atoms with Crippen LogP contribution in [0.2, 0.25) is 5.02 Å². The Balaban J connectivity index is 0.000000171. The Morgan fingerprint density at radius 2 is 1.34 bits per heavy atom. The zero-order chi connectivity index (χ0) is 20.7. The second kappa shape index (κ2) is 14.1. The number of hydrogen-bond donors (Lipinski definition) is 1. The topological polar surface area (TPSA) is 52.2 Å². The second-order valence-electron chi connectivity index (χ2n) is 6.27. The van der Waals surface area contributed by atoms with E-state index in [0.717, 1.165) is 64.1 Å². The quantitative estimate of drug-likeness (QED) is 0.817. The molecule has 2 heterocycles. The van der Waals surface area contributed by atoms with Crippen LogP contribution in [-0.4, -0.2) is 66.8 Å². The van der Waals surface area contributed by atoms with Crippen LogP contribution in [-0.2, 0) is 9.47 Å². The van der Waals surface area contributed by atoms with E-state index in [1.54, 1.807) is 20.3 Å². The third-order valence-electron chi connectivity index (χ3n) is 4.34. The van der Waals surface area contributed by atoms with E-state index >= 15 is 0 Å². The van der Waals surface area contributed by atoms with Gasteiger partial charge in [-0.25, -0.2) is 0 Å². The highest BCUT2D eigenvalue weighted by atomic mass is 35.5. The maximum Gasteiger partial charge on any atom is 0.142 e. The summed E-state index contributed by atoms with van der Waals surface area (Å²) in [6, 6.07) is 15.5. The number of halogens is 1. The molecule has 2 aliphatic rings. The summed E-state index contributed by atoms with van der Waals surface area (Å²) >= 11 is 5.70. The summed E-state index contributed by atoms with van der Waals surface area (Å²) in [6.45, 7) is 7.33. The molecule has 7 heteroatoms. The number of nitrogens with zero attached hydrogens (tertiary/aromatic N) is 1. The van der Waals surface area contributed by atoms with Crippen LogP contribution in [0, 0.1) is 0 Å². The van der Waals surface area contributed by atoms with Gasteiger partial charge in [0.05, 0.1) is 51.4 Å². The van der Waals surface area contributed by atoms with Crippen molar-refractivity contribution in [2.45, 2.75) is 0 Å². The number of anilines is 1. The van der Waals surface area contributed by atoms with E-state index in [4.69, 9.17) is 30.5 Å². The number of methoxy groups -OCH3 is 2. The molecule has 0 spiro atoms. The summed E-state index contributed by atoms with van der Waals surface area (Å²) in [5, 5.41) is 3.81. The molecule has 2 saturated heterocycles. The fraction of sp³-hybridized carbons (Fsp3) is 0.455. The zero-order valence-electron chi connectivity index (χ0n) is 17.2. The van der Waals surface area contributed by atoms with E-state index in [1.807, 2.05) is 36.4 Å². The van der Waals surface area contributed by atoms with Gasteiger partial charge in [0.25, 0.3) is 0 Å². The van der Waals surface area contributed by atoms with Gasteiger partial charge in [-0.3, -0.25) is 0 Å². The molecule has 6 nitrogen and oxygen atoms in total. The van der Waals surface area contributed by atoms with Gasteiger partial charge >= 0.3 is 0 Å². The molecule has 29 heavy (non-hydrogen) atoms. The molecule has 0 saturated carbocycles. The van der Waals surface area contributed by atoms with Gasteiger partial charge in [0, 0.05) is 26.2 Å². The number of para-hydroxylation sites is 3. The van der Waals surface area contributed by atoms with E-state index in [0.29, 0.717) is 5.02 Å². The molecule has 2 fully saturated rings. The van der Waals surface area contributed by atoms with Crippen molar-refractivity contribution in [2.75, 3.05) is 71.7 Å². The highest BCUT2D eigenvalue weighted by Gasteiger charge is 2.14. The van der Waals surface area contributed by atoms with Crippen molar-refractivity contribution >= 4 is 17.3 Å². The van der Waals surface area contributed by atoms with Gasteiger partial charge in [-0.2, -0.15) is 0 Å². The van der Waals surface area contributed by atoms with Crippen LogP contribution in [0.4, 0.5) is 5.69 Å². The summed E-state index contributed by atoms with van der Waals surface area (Å²) in [4.78, 5) is 2.29. The standard InChI is InChI=1S/C11H15NO2.C7H7ClO.C4H9NO/c1-13-11-5-3-2-4-10(11)12-6-8-14-9-7-12;1-9-7-5-3-2-4-6(7)8;1-3-6-4-2-5-1/h2-5H,6-9H2,1H3;2-5H,1H3;5H,1-4H2. The maximum atomic E-state index is 5.70. The van der Waals surface area contributed by atoms with Crippen molar-refractivity contribution in [3.8, 4) is 11.5 Å². The van der Waals surface area contributed by atoms with Crippen molar-refractivity contribution < 1.29 is 18.9 Å². The van der Waals surface area contributed by atoms with E-state index in [9.17, 15) is 0 Å². The molecule has 0 unspecified atom stereocenters. The van der Waals surface area contributed by atoms with E-state index < -0.39 is 0 Å². The number of nitrogens with one attached hydrogen (secondary N) is 1. The highest BCUT2D eigenvalue weighted by Crippen LogP contribution is 2.27. The normalized spacial score (nSPS) is 15.9. The molecule has 4 rings (SSSR count). The number of ether oxygens (including phenoxy) is 4. The fourth-order valence-electron chi connectivity index (χ4n) is 2.82. The molecule has 0 atom stereocenters. The largest absolute Gasteiger partial charge is 0.495 e. The number of rotatable bonds is 3. The maximum absolute atomic E-state index is 5.70. The lowest BCUT2D eigenvalue weighted by atomic mass is 10.2. The Morgan fingerprint density at radius 3 is 1.83 bits per heavy atom. The Hall–Kier alpha value is -1.99. The summed E-state index contributed by atoms with van der Waals surface area (Å²) in [5.41, 5.74) is 1.17. The molecule has 0 amide bonds. The van der Waals surface area contributed by atoms with Crippen molar-refractivity contribution in [1.82, 2.24) is 5.32 Å². The van der Waals surface area contributed by atoms with Crippen LogP contribution in [0.1, 0.15) is 0 Å². The molecule has 2 aliphatic heterocycles. The third kappa shape index (κ3) is 8.50. The lowest BCUT2D eigenvalue weighted by Gasteiger charge is -2.29. The van der Waals surface area contributed by atoms with Gasteiger partial charge in [-0.1, -0.05) is 35.9 Å². The van der Waals surface area contributed by atoms with Crippen molar-refractivity contribution in [2.24, 2.45) is 0 Å². The van der Waals surface area contributed by atoms with Crippen LogP contribution in [0.25, 0.3) is 0 Å². The van der Waals surface area contributed by atoms with Gasteiger partial charge in [0.1, 0.15) is 11.5 Å². The predicted octanol–water partition coefficient (Wildman–Crippen LogP) is 3.49. The van der Waals surface area contributed by atoms with E-state index in [2.05, 4.69) is 16.3 Å². The van der Waals surface area contributed by atoms with Gasteiger partial charge in [0.15, 0.2) is 0 Å². The van der Waals surface area contributed by atoms with Gasteiger partial charge in [-0.05, 0) is 24.3 Å². The first-order chi connectivity index (χ1) is 14.3. The van der Waals surface area contributed by atoms with Crippen molar-refractivity contribution in [3.63, 3.8) is 0 Å². The third-order valence-corrected chi connectivity index (χ3v) is 4.65. The van der Waals surface area contributed by atoms with Crippen molar-refractivity contribution in [1.29, 1.82) is 0 Å². The molecule has 2 aromatic carbocycles. The first-order valence-corrected chi connectivity index (χ1v) is 10.2. The van der Waals surface area contributed by atoms with E-state index in [-0.39, 0.29) is 0 Å². The average Bonchev–Trinajstić information content (AvgIpc) is 2.82. The van der Waals surface area contributed by atoms with Crippen LogP contribution >= 0.6 is 11.6 Å².